The summed E-state index contributed by atoms with van der Waals surface area (Å²) < 4.78 is 1.15. The van der Waals surface area contributed by atoms with Gasteiger partial charge in [-0.1, -0.05) is 58.4 Å². The van der Waals surface area contributed by atoms with Crippen LogP contribution in [-0.2, 0) is 13.0 Å². The highest BCUT2D eigenvalue weighted by atomic mass is 79.9. The quantitative estimate of drug-likeness (QED) is 0.695. The van der Waals surface area contributed by atoms with Gasteiger partial charge in [0.25, 0.3) is 0 Å². The second-order valence-corrected chi connectivity index (χ2v) is 8.17. The van der Waals surface area contributed by atoms with Crippen LogP contribution in [0.15, 0.2) is 59.1 Å². The van der Waals surface area contributed by atoms with Crippen molar-refractivity contribution in [3.63, 3.8) is 0 Å². The van der Waals surface area contributed by atoms with Gasteiger partial charge in [0.15, 0.2) is 0 Å². The van der Waals surface area contributed by atoms with E-state index < -0.39 is 0 Å². The summed E-state index contributed by atoms with van der Waals surface area (Å²) >= 11 is 3.54. The highest BCUT2D eigenvalue weighted by molar-refractivity contribution is 9.10. The minimum absolute atomic E-state index is 0.412. The van der Waals surface area contributed by atoms with Crippen molar-refractivity contribution >= 4 is 15.9 Å². The highest BCUT2D eigenvalue weighted by Gasteiger charge is 2.24. The van der Waals surface area contributed by atoms with Crippen LogP contribution in [0.1, 0.15) is 43.2 Å². The molecule has 0 aliphatic heterocycles. The van der Waals surface area contributed by atoms with E-state index >= 15 is 0 Å². The Morgan fingerprint density at radius 1 is 0.880 bits per heavy atom. The van der Waals surface area contributed by atoms with Gasteiger partial charge in [0.2, 0.25) is 0 Å². The van der Waals surface area contributed by atoms with Crippen LogP contribution in [0.2, 0.25) is 0 Å². The maximum Gasteiger partial charge on any atom is 0.0236 e. The maximum atomic E-state index is 6.12. The van der Waals surface area contributed by atoms with E-state index in [1.807, 2.05) is 0 Å². The van der Waals surface area contributed by atoms with E-state index in [9.17, 15) is 0 Å². The van der Waals surface area contributed by atoms with E-state index in [0.29, 0.717) is 12.1 Å². The lowest BCUT2D eigenvalue weighted by atomic mass is 9.90. The third kappa shape index (κ3) is 5.95. The molecule has 25 heavy (non-hydrogen) atoms. The van der Waals surface area contributed by atoms with Crippen molar-refractivity contribution in [2.75, 3.05) is 6.54 Å². The number of nitrogens with zero attached hydrogens (tertiary/aromatic N) is 1. The summed E-state index contributed by atoms with van der Waals surface area (Å²) in [6.07, 6.45) is 7.18. The fraction of sp³-hybridized carbons (Fsp3) is 0.455. The Morgan fingerprint density at radius 2 is 1.56 bits per heavy atom. The van der Waals surface area contributed by atoms with Gasteiger partial charge in [-0.05, 0) is 68.3 Å². The van der Waals surface area contributed by atoms with Crippen molar-refractivity contribution in [1.82, 2.24) is 4.90 Å². The summed E-state index contributed by atoms with van der Waals surface area (Å²) in [5, 5.41) is 0. The van der Waals surface area contributed by atoms with Crippen molar-refractivity contribution in [1.29, 1.82) is 0 Å². The van der Waals surface area contributed by atoms with E-state index in [2.05, 4.69) is 75.4 Å². The van der Waals surface area contributed by atoms with Crippen LogP contribution in [0.5, 0.6) is 0 Å². The van der Waals surface area contributed by atoms with Crippen LogP contribution in [0.3, 0.4) is 0 Å². The molecule has 0 bridgehead atoms. The second kappa shape index (κ2) is 9.51. The molecule has 3 rings (SSSR count). The van der Waals surface area contributed by atoms with Gasteiger partial charge in [0.05, 0.1) is 0 Å². The van der Waals surface area contributed by atoms with Crippen LogP contribution >= 0.6 is 15.9 Å². The molecule has 134 valence electrons. The smallest absolute Gasteiger partial charge is 0.0236 e. The molecule has 0 radical (unpaired) electrons. The lowest BCUT2D eigenvalue weighted by molar-refractivity contribution is 0.140. The average Bonchev–Trinajstić information content (AvgIpc) is 2.64. The largest absolute Gasteiger partial charge is 0.328 e. The Labute approximate surface area is 160 Å². The van der Waals surface area contributed by atoms with Gasteiger partial charge in [-0.3, -0.25) is 4.90 Å². The lowest BCUT2D eigenvalue weighted by Crippen LogP contribution is -2.41. The molecule has 2 aromatic carbocycles. The Bertz CT molecular complexity index is 618. The van der Waals surface area contributed by atoms with Crippen LogP contribution in [0.25, 0.3) is 0 Å². The number of nitrogens with two attached hydrogens (primary N) is 1. The fourth-order valence-corrected chi connectivity index (χ4v) is 4.08. The monoisotopic (exact) mass is 400 g/mol. The Hall–Kier alpha value is -1.16. The summed E-state index contributed by atoms with van der Waals surface area (Å²) in [6, 6.07) is 20.7. The van der Waals surface area contributed by atoms with Crippen molar-refractivity contribution < 1.29 is 0 Å². The molecule has 0 heterocycles. The summed E-state index contributed by atoms with van der Waals surface area (Å²) in [5.74, 6) is 0. The molecular weight excluding hydrogens is 372 g/mol. The van der Waals surface area contributed by atoms with Gasteiger partial charge in [0.1, 0.15) is 0 Å². The van der Waals surface area contributed by atoms with Crippen LogP contribution in [0.4, 0.5) is 0 Å². The fourth-order valence-electron chi connectivity index (χ4n) is 3.81. The molecule has 1 saturated carbocycles. The first-order chi connectivity index (χ1) is 12.2. The zero-order valence-electron chi connectivity index (χ0n) is 14.9. The van der Waals surface area contributed by atoms with E-state index in [0.717, 1.165) is 24.0 Å². The van der Waals surface area contributed by atoms with Gasteiger partial charge >= 0.3 is 0 Å². The highest BCUT2D eigenvalue weighted by Crippen LogP contribution is 2.24. The third-order valence-corrected chi connectivity index (χ3v) is 5.84. The zero-order chi connectivity index (χ0) is 17.5. The number of benzene rings is 2. The molecule has 1 aliphatic carbocycles. The number of halogens is 1. The molecule has 2 nitrogen and oxygen atoms in total. The van der Waals surface area contributed by atoms with Gasteiger partial charge in [0, 0.05) is 23.1 Å². The second-order valence-electron chi connectivity index (χ2n) is 7.25. The predicted octanol–water partition coefficient (Wildman–Crippen LogP) is 5.15. The van der Waals surface area contributed by atoms with Gasteiger partial charge < -0.3 is 5.73 Å². The minimum Gasteiger partial charge on any atom is -0.328 e. The standard InChI is InChI=1S/C22H29BrN2/c23-20-10-8-19(9-11-20)17-25(22-14-12-21(24)13-15-22)16-4-7-18-5-2-1-3-6-18/h1-3,5-6,8-11,21-22H,4,7,12-17,24H2. The van der Waals surface area contributed by atoms with E-state index in [1.54, 1.807) is 0 Å². The molecule has 0 atom stereocenters. The van der Waals surface area contributed by atoms with Crippen LogP contribution in [0, 0.1) is 0 Å². The SMILES string of the molecule is NC1CCC(N(CCCc2ccccc2)Cc2ccc(Br)cc2)CC1. The van der Waals surface area contributed by atoms with Crippen molar-refractivity contribution in [2.24, 2.45) is 5.73 Å². The van der Waals surface area contributed by atoms with Crippen molar-refractivity contribution in [2.45, 2.75) is 57.2 Å². The van der Waals surface area contributed by atoms with E-state index in [1.165, 1.54) is 43.2 Å². The van der Waals surface area contributed by atoms with Gasteiger partial charge in [-0.2, -0.15) is 0 Å². The Morgan fingerprint density at radius 3 is 2.24 bits per heavy atom. The minimum atomic E-state index is 0.412. The summed E-state index contributed by atoms with van der Waals surface area (Å²) in [4.78, 5) is 2.69. The van der Waals surface area contributed by atoms with Crippen molar-refractivity contribution in [3.8, 4) is 0 Å². The molecule has 0 aromatic heterocycles. The normalized spacial score (nSPS) is 20.8. The predicted molar refractivity (Wildman–Crippen MR) is 110 cm³/mol. The maximum absolute atomic E-state index is 6.12. The summed E-state index contributed by atoms with van der Waals surface area (Å²) in [7, 11) is 0. The van der Waals surface area contributed by atoms with Crippen LogP contribution in [-0.4, -0.2) is 23.5 Å². The first-order valence-electron chi connectivity index (χ1n) is 9.49. The first-order valence-corrected chi connectivity index (χ1v) is 10.3. The number of hydrogen-bond donors (Lipinski definition) is 1. The molecule has 2 N–H and O–H groups in total. The molecule has 1 aliphatic rings. The average molecular weight is 401 g/mol. The van der Waals surface area contributed by atoms with E-state index in [-0.39, 0.29) is 0 Å². The Balaban J connectivity index is 1.60. The molecule has 0 unspecified atom stereocenters. The number of hydrogen-bond acceptors (Lipinski definition) is 2. The Kier molecular flexibility index (Phi) is 7.09. The van der Waals surface area contributed by atoms with Crippen LogP contribution < -0.4 is 5.73 Å². The molecule has 2 aromatic rings. The lowest BCUT2D eigenvalue weighted by Gasteiger charge is -2.36. The van der Waals surface area contributed by atoms with Crippen molar-refractivity contribution in [3.05, 3.63) is 70.2 Å². The zero-order valence-corrected chi connectivity index (χ0v) is 16.5. The van der Waals surface area contributed by atoms with E-state index in [4.69, 9.17) is 5.73 Å². The van der Waals surface area contributed by atoms with Gasteiger partial charge in [-0.15, -0.1) is 0 Å². The molecule has 0 saturated heterocycles. The first kappa shape index (κ1) is 18.6. The summed E-state index contributed by atoms with van der Waals surface area (Å²) in [5.41, 5.74) is 8.96. The number of aryl methyl sites for hydroxylation is 1. The molecule has 0 amide bonds. The summed E-state index contributed by atoms with van der Waals surface area (Å²) in [6.45, 7) is 2.20. The molecular formula is C22H29BrN2. The number of rotatable bonds is 7. The third-order valence-electron chi connectivity index (χ3n) is 5.31. The molecule has 3 heteroatoms. The van der Waals surface area contributed by atoms with Gasteiger partial charge in [-0.25, -0.2) is 0 Å². The topological polar surface area (TPSA) is 29.3 Å². The molecule has 0 spiro atoms. The molecule has 1 fully saturated rings.